The lowest BCUT2D eigenvalue weighted by atomic mass is 10.1. The number of carbonyl (C=O) groups is 1. The molecule has 6 heteroatoms. The van der Waals surface area contributed by atoms with E-state index in [9.17, 15) is 4.79 Å². The minimum Gasteiger partial charge on any atom is -0.335 e. The molecule has 0 bridgehead atoms. The van der Waals surface area contributed by atoms with E-state index in [1.807, 2.05) is 30.5 Å². The number of nitrogens with zero attached hydrogens (tertiary/aromatic N) is 3. The van der Waals surface area contributed by atoms with Crippen molar-refractivity contribution in [2.75, 3.05) is 7.05 Å². The monoisotopic (exact) mass is 342 g/mol. The van der Waals surface area contributed by atoms with Crippen molar-refractivity contribution < 1.29 is 4.79 Å². The van der Waals surface area contributed by atoms with E-state index in [4.69, 9.17) is 18.0 Å². The van der Waals surface area contributed by atoms with Gasteiger partial charge in [0.1, 0.15) is 6.54 Å². The van der Waals surface area contributed by atoms with Crippen LogP contribution in [0.5, 0.6) is 0 Å². The van der Waals surface area contributed by atoms with Gasteiger partial charge in [-0.1, -0.05) is 29.7 Å². The fourth-order valence-corrected chi connectivity index (χ4v) is 2.94. The van der Waals surface area contributed by atoms with E-state index in [-0.39, 0.29) is 12.1 Å². The molecule has 2 aromatic rings. The zero-order valence-electron chi connectivity index (χ0n) is 13.4. The molecule has 0 saturated heterocycles. The largest absolute Gasteiger partial charge is 0.335 e. The number of amides is 2. The van der Waals surface area contributed by atoms with Crippen molar-refractivity contribution in [1.29, 1.82) is 0 Å². The molecule has 1 saturated carbocycles. The minimum absolute atomic E-state index is 0.0887. The van der Waals surface area contributed by atoms with E-state index in [0.29, 0.717) is 19.0 Å². The molecule has 2 amide bonds. The second-order valence-electron chi connectivity index (χ2n) is 6.06. The average Bonchev–Trinajstić information content (AvgIpc) is 3.18. The van der Waals surface area contributed by atoms with Crippen LogP contribution in [0.4, 0.5) is 4.79 Å². The first kappa shape index (κ1) is 16.4. The van der Waals surface area contributed by atoms with Gasteiger partial charge in [0, 0.05) is 35.8 Å². The van der Waals surface area contributed by atoms with Gasteiger partial charge in [-0.2, -0.15) is 5.10 Å². The Labute approximate surface area is 146 Å². The van der Waals surface area contributed by atoms with Crippen LogP contribution in [0.3, 0.4) is 0 Å². The quantitative estimate of drug-likeness (QED) is 0.849. The van der Waals surface area contributed by atoms with E-state index in [1.165, 1.54) is 5.56 Å². The maximum Gasteiger partial charge on any atom is 0.317 e. The summed E-state index contributed by atoms with van der Waals surface area (Å²) in [5.41, 5.74) is 2.12. The molecule has 0 unspecified atom stereocenters. The van der Waals surface area contributed by atoms with Crippen LogP contribution in [0.1, 0.15) is 23.5 Å². The van der Waals surface area contributed by atoms with E-state index >= 15 is 0 Å². The number of hydrogen-bond acceptors (Lipinski definition) is 2. The SMILES string of the molecule is C#CCn1cc(CN(C)C(=O)N[C@@H]2C[C@H]2c2cccc(Cl)c2)cn1. The van der Waals surface area contributed by atoms with Crippen molar-refractivity contribution >= 4 is 17.6 Å². The second-order valence-corrected chi connectivity index (χ2v) is 6.50. The summed E-state index contributed by atoms with van der Waals surface area (Å²) < 4.78 is 1.68. The number of urea groups is 1. The Morgan fingerprint density at radius 3 is 3.17 bits per heavy atom. The molecule has 1 N–H and O–H groups in total. The maximum absolute atomic E-state index is 12.3. The Bertz CT molecular complexity index is 779. The summed E-state index contributed by atoms with van der Waals surface area (Å²) in [7, 11) is 1.77. The third-order valence-corrected chi connectivity index (χ3v) is 4.32. The summed E-state index contributed by atoms with van der Waals surface area (Å²) in [5.74, 6) is 2.88. The van der Waals surface area contributed by atoms with Gasteiger partial charge in [0.05, 0.1) is 12.7 Å². The molecule has 1 aromatic carbocycles. The number of carbonyl (C=O) groups excluding carboxylic acids is 1. The zero-order chi connectivity index (χ0) is 17.1. The highest BCUT2D eigenvalue weighted by Crippen LogP contribution is 2.41. The summed E-state index contributed by atoms with van der Waals surface area (Å²) in [4.78, 5) is 13.9. The first-order valence-electron chi connectivity index (χ1n) is 7.78. The van der Waals surface area contributed by atoms with E-state index in [0.717, 1.165) is 17.0 Å². The summed E-state index contributed by atoms with van der Waals surface area (Å²) >= 11 is 6.02. The molecule has 1 fully saturated rings. The average molecular weight is 343 g/mol. The number of benzene rings is 1. The number of halogens is 1. The molecule has 0 spiro atoms. The molecular formula is C18H19ClN4O. The zero-order valence-corrected chi connectivity index (χ0v) is 14.2. The van der Waals surface area contributed by atoms with E-state index in [1.54, 1.807) is 22.8 Å². The molecular weight excluding hydrogens is 324 g/mol. The molecule has 1 aromatic heterocycles. The number of aromatic nitrogens is 2. The Hall–Kier alpha value is -2.45. The van der Waals surface area contributed by atoms with Gasteiger partial charge in [0.15, 0.2) is 0 Å². The fourth-order valence-electron chi connectivity index (χ4n) is 2.74. The third kappa shape index (κ3) is 3.90. The van der Waals surface area contributed by atoms with Gasteiger partial charge in [-0.15, -0.1) is 6.42 Å². The molecule has 0 aliphatic heterocycles. The molecule has 124 valence electrons. The third-order valence-electron chi connectivity index (χ3n) is 4.08. The lowest BCUT2D eigenvalue weighted by molar-refractivity contribution is 0.206. The number of terminal acetylenes is 1. The Kier molecular flexibility index (Phi) is 4.77. The van der Waals surface area contributed by atoms with Gasteiger partial charge in [0.2, 0.25) is 0 Å². The topological polar surface area (TPSA) is 50.2 Å². The molecule has 1 aliphatic carbocycles. The van der Waals surface area contributed by atoms with Gasteiger partial charge >= 0.3 is 6.03 Å². The predicted octanol–water partition coefficient (Wildman–Crippen LogP) is 2.87. The number of rotatable bonds is 5. The van der Waals surface area contributed by atoms with Crippen molar-refractivity contribution in [2.45, 2.75) is 31.5 Å². The summed E-state index contributed by atoms with van der Waals surface area (Å²) in [6.07, 6.45) is 9.79. The van der Waals surface area contributed by atoms with Crippen LogP contribution in [0, 0.1) is 12.3 Å². The fraction of sp³-hybridized carbons (Fsp3) is 0.333. The van der Waals surface area contributed by atoms with Crippen molar-refractivity contribution in [1.82, 2.24) is 20.0 Å². The Morgan fingerprint density at radius 2 is 2.42 bits per heavy atom. The van der Waals surface area contributed by atoms with Crippen LogP contribution in [0.15, 0.2) is 36.7 Å². The second kappa shape index (κ2) is 6.98. The normalized spacial score (nSPS) is 18.7. The van der Waals surface area contributed by atoms with Crippen molar-refractivity contribution in [3.63, 3.8) is 0 Å². The summed E-state index contributed by atoms with van der Waals surface area (Å²) in [6.45, 7) is 0.921. The van der Waals surface area contributed by atoms with Gasteiger partial charge in [-0.3, -0.25) is 4.68 Å². The highest BCUT2D eigenvalue weighted by molar-refractivity contribution is 6.30. The lowest BCUT2D eigenvalue weighted by Gasteiger charge is -2.17. The van der Waals surface area contributed by atoms with Gasteiger partial charge in [-0.05, 0) is 24.1 Å². The summed E-state index contributed by atoms with van der Waals surface area (Å²) in [6, 6.07) is 7.88. The minimum atomic E-state index is -0.0887. The Balaban J connectivity index is 1.51. The van der Waals surface area contributed by atoms with Crippen LogP contribution in [0.25, 0.3) is 0 Å². The first-order chi connectivity index (χ1) is 11.6. The van der Waals surface area contributed by atoms with Crippen LogP contribution in [-0.4, -0.2) is 33.8 Å². The standard InChI is InChI=1S/C18H19ClN4O/c1-3-7-23-12-13(10-20-23)11-22(2)18(24)21-17-9-16(17)14-5-4-6-15(19)8-14/h1,4-6,8,10,12,16-17H,7,9,11H2,2H3,(H,21,24)/t16-,17+/m0/s1. The number of hydrogen-bond donors (Lipinski definition) is 1. The smallest absolute Gasteiger partial charge is 0.317 e. The predicted molar refractivity (Wildman–Crippen MR) is 93.7 cm³/mol. The van der Waals surface area contributed by atoms with Gasteiger partial charge < -0.3 is 10.2 Å². The number of nitrogens with one attached hydrogen (secondary N) is 1. The van der Waals surface area contributed by atoms with E-state index in [2.05, 4.69) is 16.3 Å². The molecule has 0 radical (unpaired) electrons. The first-order valence-corrected chi connectivity index (χ1v) is 8.16. The van der Waals surface area contributed by atoms with Crippen LogP contribution < -0.4 is 5.32 Å². The highest BCUT2D eigenvalue weighted by Gasteiger charge is 2.40. The molecule has 2 atom stereocenters. The maximum atomic E-state index is 12.3. The molecule has 1 aliphatic rings. The van der Waals surface area contributed by atoms with E-state index < -0.39 is 0 Å². The van der Waals surface area contributed by atoms with Crippen LogP contribution in [-0.2, 0) is 13.1 Å². The highest BCUT2D eigenvalue weighted by atomic mass is 35.5. The molecule has 24 heavy (non-hydrogen) atoms. The van der Waals surface area contributed by atoms with Crippen LogP contribution in [0.2, 0.25) is 5.02 Å². The molecule has 3 rings (SSSR count). The summed E-state index contributed by atoms with van der Waals surface area (Å²) in [5, 5.41) is 7.94. The molecule has 1 heterocycles. The molecule has 5 nitrogen and oxygen atoms in total. The van der Waals surface area contributed by atoms with Gasteiger partial charge in [0.25, 0.3) is 0 Å². The van der Waals surface area contributed by atoms with Crippen LogP contribution >= 0.6 is 11.6 Å². The van der Waals surface area contributed by atoms with Crippen molar-refractivity contribution in [3.8, 4) is 12.3 Å². The van der Waals surface area contributed by atoms with Gasteiger partial charge in [-0.25, -0.2) is 4.79 Å². The Morgan fingerprint density at radius 1 is 1.58 bits per heavy atom. The van der Waals surface area contributed by atoms with Crippen molar-refractivity contribution in [2.24, 2.45) is 0 Å². The lowest BCUT2D eigenvalue weighted by Crippen LogP contribution is -2.38. The van der Waals surface area contributed by atoms with Crippen molar-refractivity contribution in [3.05, 3.63) is 52.8 Å².